The molecule has 1 rings (SSSR count). The second-order valence-corrected chi connectivity index (χ2v) is 7.87. The van der Waals surface area contributed by atoms with Gasteiger partial charge in [-0.2, -0.15) is 13.2 Å². The summed E-state index contributed by atoms with van der Waals surface area (Å²) in [5.74, 6) is 0. The Balaban J connectivity index is 2.78. The zero-order valence-corrected chi connectivity index (χ0v) is 12.3. The van der Waals surface area contributed by atoms with E-state index in [9.17, 15) is 21.6 Å². The molecule has 1 heterocycles. The lowest BCUT2D eigenvalue weighted by Gasteiger charge is -2.14. The Morgan fingerprint density at radius 2 is 2.11 bits per heavy atom. The first-order valence-corrected chi connectivity index (χ1v) is 7.70. The number of aliphatic hydroxyl groups is 1. The van der Waals surface area contributed by atoms with E-state index < -0.39 is 28.8 Å². The minimum atomic E-state index is -4.88. The quantitative estimate of drug-likeness (QED) is 0.832. The van der Waals surface area contributed by atoms with Gasteiger partial charge in [-0.1, -0.05) is 11.6 Å². The highest BCUT2D eigenvalue weighted by molar-refractivity contribution is 9.11. The van der Waals surface area contributed by atoms with Gasteiger partial charge in [-0.25, -0.2) is 13.1 Å². The molecule has 1 aromatic rings. The van der Waals surface area contributed by atoms with Crippen LogP contribution in [0.5, 0.6) is 0 Å². The molecule has 0 bridgehead atoms. The molecule has 0 aromatic carbocycles. The highest BCUT2D eigenvalue weighted by atomic mass is 79.9. The molecule has 0 saturated heterocycles. The fourth-order valence-electron chi connectivity index (χ4n) is 0.835. The largest absolute Gasteiger partial charge is 0.415 e. The zero-order valence-electron chi connectivity index (χ0n) is 8.33. The Morgan fingerprint density at radius 3 is 2.50 bits per heavy atom. The van der Waals surface area contributed by atoms with Crippen molar-refractivity contribution in [3.05, 3.63) is 14.9 Å². The van der Waals surface area contributed by atoms with Gasteiger partial charge in [-0.05, 0) is 22.0 Å². The van der Waals surface area contributed by atoms with Crippen LogP contribution in [0, 0.1) is 0 Å². The molecule has 0 amide bonds. The lowest BCUT2D eigenvalue weighted by atomic mass is 10.4. The summed E-state index contributed by atoms with van der Waals surface area (Å²) >= 11 is 9.35. The van der Waals surface area contributed by atoms with Gasteiger partial charge in [0.05, 0.1) is 8.81 Å². The molecule has 1 atom stereocenters. The number of thiophene rings is 1. The molecule has 0 spiro atoms. The van der Waals surface area contributed by atoms with Crippen molar-refractivity contribution in [2.24, 2.45) is 0 Å². The highest BCUT2D eigenvalue weighted by Crippen LogP contribution is 2.34. The number of alkyl halides is 3. The van der Waals surface area contributed by atoms with Crippen molar-refractivity contribution in [1.82, 2.24) is 4.72 Å². The number of halogens is 5. The molecule has 0 aliphatic carbocycles. The summed E-state index contributed by atoms with van der Waals surface area (Å²) in [6.07, 6.45) is -7.64. The maximum Gasteiger partial charge on any atom is 0.415 e. The van der Waals surface area contributed by atoms with Gasteiger partial charge in [0.25, 0.3) is 0 Å². The molecular weight excluding hydrogens is 383 g/mol. The highest BCUT2D eigenvalue weighted by Gasteiger charge is 2.38. The molecule has 0 aliphatic heterocycles. The predicted molar refractivity (Wildman–Crippen MR) is 64.3 cm³/mol. The fraction of sp³-hybridized carbons (Fsp3) is 0.429. The lowest BCUT2D eigenvalue weighted by Crippen LogP contribution is -2.40. The number of hydrogen-bond acceptors (Lipinski definition) is 4. The van der Waals surface area contributed by atoms with E-state index >= 15 is 0 Å². The Labute approximate surface area is 118 Å². The second kappa shape index (κ2) is 5.63. The van der Waals surface area contributed by atoms with Crippen molar-refractivity contribution < 1.29 is 26.7 Å². The van der Waals surface area contributed by atoms with Crippen molar-refractivity contribution in [2.75, 3.05) is 6.54 Å². The first kappa shape index (κ1) is 16.2. The first-order valence-electron chi connectivity index (χ1n) is 4.23. The summed E-state index contributed by atoms with van der Waals surface area (Å²) in [4.78, 5) is 0. The lowest BCUT2D eigenvalue weighted by molar-refractivity contribution is -0.200. The van der Waals surface area contributed by atoms with Crippen molar-refractivity contribution in [2.45, 2.75) is 16.5 Å². The third-order valence-electron chi connectivity index (χ3n) is 1.73. The van der Waals surface area contributed by atoms with Crippen molar-refractivity contribution in [1.29, 1.82) is 0 Å². The SMILES string of the molecule is O=S(=O)(NCC(O)C(F)(F)F)c1cc(Cl)c(Br)s1. The summed E-state index contributed by atoms with van der Waals surface area (Å²) < 4.78 is 60.9. The summed E-state index contributed by atoms with van der Waals surface area (Å²) in [6.45, 7) is -1.15. The first-order chi connectivity index (χ1) is 8.04. The molecule has 0 radical (unpaired) electrons. The van der Waals surface area contributed by atoms with Gasteiger partial charge >= 0.3 is 6.18 Å². The van der Waals surface area contributed by atoms with Gasteiger partial charge in [-0.3, -0.25) is 0 Å². The van der Waals surface area contributed by atoms with Crippen LogP contribution in [-0.2, 0) is 10.0 Å². The van der Waals surface area contributed by atoms with E-state index in [0.717, 1.165) is 17.4 Å². The Hall–Kier alpha value is 0.130. The van der Waals surface area contributed by atoms with E-state index in [1.165, 1.54) is 0 Å². The third kappa shape index (κ3) is 4.07. The van der Waals surface area contributed by atoms with Crippen LogP contribution >= 0.6 is 38.9 Å². The summed E-state index contributed by atoms with van der Waals surface area (Å²) in [7, 11) is -4.12. The summed E-state index contributed by atoms with van der Waals surface area (Å²) in [6, 6.07) is 1.10. The van der Waals surface area contributed by atoms with Crippen LogP contribution in [0.4, 0.5) is 13.2 Å². The number of sulfonamides is 1. The molecule has 18 heavy (non-hydrogen) atoms. The Bertz CT molecular complexity index is 511. The molecule has 4 nitrogen and oxygen atoms in total. The Kier molecular flexibility index (Phi) is 5.06. The van der Waals surface area contributed by atoms with E-state index in [4.69, 9.17) is 16.7 Å². The summed E-state index contributed by atoms with van der Waals surface area (Å²) in [5.41, 5.74) is 0. The molecule has 11 heteroatoms. The molecule has 1 aromatic heterocycles. The third-order valence-corrected chi connectivity index (χ3v) is 6.10. The molecule has 1 unspecified atom stereocenters. The molecule has 104 valence electrons. The van der Waals surface area contributed by atoms with Crippen molar-refractivity contribution >= 4 is 48.9 Å². The Morgan fingerprint density at radius 1 is 1.56 bits per heavy atom. The van der Waals surface area contributed by atoms with Gasteiger partial charge in [0.15, 0.2) is 6.10 Å². The minimum Gasteiger partial charge on any atom is -0.382 e. The van der Waals surface area contributed by atoms with Crippen LogP contribution in [0.15, 0.2) is 14.1 Å². The maximum absolute atomic E-state index is 12.0. The number of aliphatic hydroxyl groups excluding tert-OH is 1. The van der Waals surface area contributed by atoms with Gasteiger partial charge in [0, 0.05) is 6.54 Å². The number of hydrogen-bond donors (Lipinski definition) is 2. The predicted octanol–water partition coefficient (Wildman–Crippen LogP) is 2.37. The maximum atomic E-state index is 12.0. The molecule has 2 N–H and O–H groups in total. The minimum absolute atomic E-state index is 0.136. The molecule has 0 fully saturated rings. The number of rotatable bonds is 4. The van der Waals surface area contributed by atoms with Gasteiger partial charge in [0.1, 0.15) is 4.21 Å². The monoisotopic (exact) mass is 387 g/mol. The van der Waals surface area contributed by atoms with Crippen LogP contribution < -0.4 is 4.72 Å². The van der Waals surface area contributed by atoms with E-state index in [0.29, 0.717) is 3.79 Å². The standard InChI is InChI=1S/C7H6BrClF3NO3S2/c8-6-3(9)1-5(17-6)18(15,16)13-2-4(14)7(10,11)12/h1,4,13-14H,2H2. The summed E-state index contributed by atoms with van der Waals surface area (Å²) in [5, 5.41) is 8.81. The van der Waals surface area contributed by atoms with E-state index in [2.05, 4.69) is 15.9 Å². The van der Waals surface area contributed by atoms with Gasteiger partial charge in [-0.15, -0.1) is 11.3 Å². The normalized spacial score (nSPS) is 14.8. The van der Waals surface area contributed by atoms with Crippen molar-refractivity contribution in [3.8, 4) is 0 Å². The van der Waals surface area contributed by atoms with Crippen LogP contribution in [0.1, 0.15) is 0 Å². The zero-order chi connectivity index (χ0) is 14.1. The van der Waals surface area contributed by atoms with Crippen LogP contribution in [0.3, 0.4) is 0 Å². The molecular formula is C7H6BrClF3NO3S2. The van der Waals surface area contributed by atoms with Gasteiger partial charge in [0.2, 0.25) is 10.0 Å². The number of nitrogens with one attached hydrogen (secondary N) is 1. The van der Waals surface area contributed by atoms with E-state index in [1.54, 1.807) is 4.72 Å². The van der Waals surface area contributed by atoms with Crippen molar-refractivity contribution in [3.63, 3.8) is 0 Å². The van der Waals surface area contributed by atoms with Crippen LogP contribution in [0.2, 0.25) is 5.02 Å². The van der Waals surface area contributed by atoms with Crippen LogP contribution in [0.25, 0.3) is 0 Å². The smallest absolute Gasteiger partial charge is 0.382 e. The van der Waals surface area contributed by atoms with Gasteiger partial charge < -0.3 is 5.11 Å². The topological polar surface area (TPSA) is 66.4 Å². The second-order valence-electron chi connectivity index (χ2n) is 3.10. The molecule has 0 aliphatic rings. The fourth-order valence-corrected chi connectivity index (χ4v) is 4.32. The average Bonchev–Trinajstić information content (AvgIpc) is 2.55. The molecule has 0 saturated carbocycles. The average molecular weight is 389 g/mol. The van der Waals surface area contributed by atoms with E-state index in [-0.39, 0.29) is 9.23 Å². The van der Waals surface area contributed by atoms with E-state index in [1.807, 2.05) is 0 Å². The van der Waals surface area contributed by atoms with Crippen LogP contribution in [-0.4, -0.2) is 32.3 Å².